The van der Waals surface area contributed by atoms with Crippen LogP contribution in [0.3, 0.4) is 0 Å². The number of benzene rings is 1. The van der Waals surface area contributed by atoms with E-state index >= 15 is 0 Å². The first-order chi connectivity index (χ1) is 11.2. The first kappa shape index (κ1) is 21.0. The predicted octanol–water partition coefficient (Wildman–Crippen LogP) is 2.91. The maximum absolute atomic E-state index is 12.4. The van der Waals surface area contributed by atoms with E-state index in [0.717, 1.165) is 19.5 Å². The molecule has 1 atom stereocenters. The normalized spacial score (nSPS) is 17.0. The van der Waals surface area contributed by atoms with Gasteiger partial charge in [0.15, 0.2) is 0 Å². The number of nitrogens with one attached hydrogen (secondary N) is 2. The Morgan fingerprint density at radius 2 is 2.25 bits per heavy atom. The lowest BCUT2D eigenvalue weighted by molar-refractivity contribution is 0.0943. The topological polar surface area (TPSA) is 59.6 Å². The summed E-state index contributed by atoms with van der Waals surface area (Å²) in [6.07, 6.45) is 3.43. The number of ether oxygens (including phenoxy) is 2. The Bertz CT molecular complexity index is 509. The Labute approximate surface area is 154 Å². The van der Waals surface area contributed by atoms with E-state index in [4.69, 9.17) is 21.1 Å². The van der Waals surface area contributed by atoms with Crippen molar-refractivity contribution in [3.63, 3.8) is 0 Å². The highest BCUT2D eigenvalue weighted by molar-refractivity contribution is 6.31. The van der Waals surface area contributed by atoms with Crippen LogP contribution in [-0.4, -0.2) is 45.9 Å². The number of carbonyl (C=O) groups is 1. The molecule has 0 bridgehead atoms. The quantitative estimate of drug-likeness (QED) is 0.684. The smallest absolute Gasteiger partial charge is 0.255 e. The second-order valence-electron chi connectivity index (χ2n) is 5.74. The molecule has 1 unspecified atom stereocenters. The number of carbonyl (C=O) groups excluding carboxylic acids is 1. The lowest BCUT2D eigenvalue weighted by Gasteiger charge is -2.22. The van der Waals surface area contributed by atoms with Gasteiger partial charge in [0, 0.05) is 18.7 Å². The molecule has 1 aliphatic rings. The van der Waals surface area contributed by atoms with Crippen molar-refractivity contribution in [2.24, 2.45) is 5.92 Å². The Morgan fingerprint density at radius 3 is 2.96 bits per heavy atom. The molecule has 5 nitrogen and oxygen atoms in total. The van der Waals surface area contributed by atoms with Crippen LogP contribution in [0.25, 0.3) is 0 Å². The Kier molecular flexibility index (Phi) is 10.1. The van der Waals surface area contributed by atoms with Gasteiger partial charge in [0.1, 0.15) is 12.4 Å². The molecule has 1 aromatic rings. The van der Waals surface area contributed by atoms with E-state index < -0.39 is 0 Å². The van der Waals surface area contributed by atoms with Crippen LogP contribution >= 0.6 is 24.0 Å². The summed E-state index contributed by atoms with van der Waals surface area (Å²) in [4.78, 5) is 12.4. The van der Waals surface area contributed by atoms with Crippen molar-refractivity contribution in [2.45, 2.75) is 19.3 Å². The molecule has 0 radical (unpaired) electrons. The fourth-order valence-corrected chi connectivity index (χ4v) is 2.87. The van der Waals surface area contributed by atoms with Gasteiger partial charge in [0.2, 0.25) is 0 Å². The number of rotatable bonds is 8. The molecular formula is C17H26Cl2N2O3. The van der Waals surface area contributed by atoms with Crippen molar-refractivity contribution in [1.82, 2.24) is 10.6 Å². The average Bonchev–Trinajstić information content (AvgIpc) is 2.57. The van der Waals surface area contributed by atoms with Gasteiger partial charge >= 0.3 is 0 Å². The molecule has 24 heavy (non-hydrogen) atoms. The van der Waals surface area contributed by atoms with E-state index in [-0.39, 0.29) is 18.3 Å². The Morgan fingerprint density at radius 1 is 1.42 bits per heavy atom. The molecule has 0 spiro atoms. The summed E-state index contributed by atoms with van der Waals surface area (Å²) in [5.41, 5.74) is 0.468. The van der Waals surface area contributed by atoms with Crippen molar-refractivity contribution in [3.05, 3.63) is 28.8 Å². The summed E-state index contributed by atoms with van der Waals surface area (Å²) in [6, 6.07) is 5.08. The highest BCUT2D eigenvalue weighted by Gasteiger charge is 2.16. The summed E-state index contributed by atoms with van der Waals surface area (Å²) in [5.74, 6) is 1.02. The standard InChI is InChI=1S/C17H25ClN2O3.ClH/c1-22-9-10-23-16-5-4-14(18)11-15(16)17(21)20-8-6-13-3-2-7-19-12-13;/h4-5,11,13,19H,2-3,6-10,12H2,1H3,(H,20,21);1H. The van der Waals surface area contributed by atoms with Crippen molar-refractivity contribution in [1.29, 1.82) is 0 Å². The third kappa shape index (κ3) is 6.85. The van der Waals surface area contributed by atoms with E-state index in [1.165, 1.54) is 12.8 Å². The van der Waals surface area contributed by atoms with Crippen LogP contribution in [-0.2, 0) is 4.74 Å². The van der Waals surface area contributed by atoms with Gasteiger partial charge in [-0.1, -0.05) is 11.6 Å². The maximum atomic E-state index is 12.4. The molecule has 1 aliphatic heterocycles. The van der Waals surface area contributed by atoms with Crippen molar-refractivity contribution < 1.29 is 14.3 Å². The van der Waals surface area contributed by atoms with E-state index in [9.17, 15) is 4.79 Å². The van der Waals surface area contributed by atoms with Crippen LogP contribution in [0, 0.1) is 5.92 Å². The zero-order valence-corrected chi connectivity index (χ0v) is 15.5. The minimum atomic E-state index is -0.149. The highest BCUT2D eigenvalue weighted by atomic mass is 35.5. The van der Waals surface area contributed by atoms with Crippen LogP contribution in [0.1, 0.15) is 29.6 Å². The molecule has 1 fully saturated rings. The zero-order chi connectivity index (χ0) is 16.5. The first-order valence-corrected chi connectivity index (χ1v) is 8.48. The number of amides is 1. The largest absolute Gasteiger partial charge is 0.490 e. The monoisotopic (exact) mass is 376 g/mol. The molecule has 0 aromatic heterocycles. The number of hydrogen-bond donors (Lipinski definition) is 2. The summed E-state index contributed by atoms with van der Waals surface area (Å²) in [5, 5.41) is 6.87. The average molecular weight is 377 g/mol. The Balaban J connectivity index is 0.00000288. The van der Waals surface area contributed by atoms with Gasteiger partial charge in [-0.2, -0.15) is 0 Å². The summed E-state index contributed by atoms with van der Waals surface area (Å²) in [6.45, 7) is 3.67. The minimum Gasteiger partial charge on any atom is -0.490 e. The molecular weight excluding hydrogens is 351 g/mol. The zero-order valence-electron chi connectivity index (χ0n) is 14.0. The highest BCUT2D eigenvalue weighted by Crippen LogP contribution is 2.23. The molecule has 0 aliphatic carbocycles. The molecule has 1 aromatic carbocycles. The first-order valence-electron chi connectivity index (χ1n) is 8.11. The SMILES string of the molecule is COCCOc1ccc(Cl)cc1C(=O)NCCC1CCCNC1.Cl. The molecule has 2 N–H and O–H groups in total. The number of piperidine rings is 1. The van der Waals surface area contributed by atoms with Crippen molar-refractivity contribution in [2.75, 3.05) is 40.0 Å². The summed E-state index contributed by atoms with van der Waals surface area (Å²) >= 11 is 6.01. The number of hydrogen-bond acceptors (Lipinski definition) is 4. The maximum Gasteiger partial charge on any atom is 0.255 e. The number of halogens is 2. The molecule has 1 saturated heterocycles. The summed E-state index contributed by atoms with van der Waals surface area (Å²) in [7, 11) is 1.61. The van der Waals surface area contributed by atoms with Crippen molar-refractivity contribution >= 4 is 29.9 Å². The third-order valence-electron chi connectivity index (χ3n) is 3.97. The second kappa shape index (κ2) is 11.5. The van der Waals surface area contributed by atoms with E-state index in [1.54, 1.807) is 25.3 Å². The van der Waals surface area contributed by atoms with Gasteiger partial charge in [-0.3, -0.25) is 4.79 Å². The van der Waals surface area contributed by atoms with Crippen LogP contribution in [0.4, 0.5) is 0 Å². The minimum absolute atomic E-state index is 0. The van der Waals surface area contributed by atoms with Gasteiger partial charge < -0.3 is 20.1 Å². The van der Waals surface area contributed by atoms with Gasteiger partial charge in [-0.15, -0.1) is 12.4 Å². The fourth-order valence-electron chi connectivity index (χ4n) is 2.70. The van der Waals surface area contributed by atoms with Crippen LogP contribution < -0.4 is 15.4 Å². The second-order valence-corrected chi connectivity index (χ2v) is 6.18. The van der Waals surface area contributed by atoms with Crippen LogP contribution in [0.2, 0.25) is 5.02 Å². The van der Waals surface area contributed by atoms with Crippen molar-refractivity contribution in [3.8, 4) is 5.75 Å². The van der Waals surface area contributed by atoms with Crippen LogP contribution in [0.15, 0.2) is 18.2 Å². The van der Waals surface area contributed by atoms with E-state index in [1.807, 2.05) is 0 Å². The van der Waals surface area contributed by atoms with Crippen LogP contribution in [0.5, 0.6) is 5.75 Å². The molecule has 2 rings (SSSR count). The molecule has 136 valence electrons. The predicted molar refractivity (Wildman–Crippen MR) is 98.6 cm³/mol. The van der Waals surface area contributed by atoms with E-state index in [0.29, 0.717) is 42.0 Å². The molecule has 1 heterocycles. The van der Waals surface area contributed by atoms with Gasteiger partial charge in [-0.25, -0.2) is 0 Å². The fraction of sp³-hybridized carbons (Fsp3) is 0.588. The van der Waals surface area contributed by atoms with E-state index in [2.05, 4.69) is 10.6 Å². The molecule has 0 saturated carbocycles. The Hall–Kier alpha value is -1.01. The third-order valence-corrected chi connectivity index (χ3v) is 4.20. The summed E-state index contributed by atoms with van der Waals surface area (Å²) < 4.78 is 10.6. The molecule has 1 amide bonds. The van der Waals surface area contributed by atoms with Gasteiger partial charge in [0.05, 0.1) is 12.2 Å². The molecule has 7 heteroatoms. The van der Waals surface area contributed by atoms with Gasteiger partial charge in [-0.05, 0) is 56.5 Å². The lowest BCUT2D eigenvalue weighted by Crippen LogP contribution is -2.33. The van der Waals surface area contributed by atoms with Gasteiger partial charge in [0.25, 0.3) is 5.91 Å². The lowest BCUT2D eigenvalue weighted by atomic mass is 9.96. The number of methoxy groups -OCH3 is 1.